The molecule has 0 aromatic carbocycles. The molecule has 0 aliphatic heterocycles. The Morgan fingerprint density at radius 2 is 1.24 bits per heavy atom. The minimum absolute atomic E-state index is 0.108. The van der Waals surface area contributed by atoms with E-state index in [4.69, 9.17) is 22.1 Å². The highest BCUT2D eigenvalue weighted by atomic mass is 32.3. The highest BCUT2D eigenvalue weighted by molar-refractivity contribution is 7.85. The van der Waals surface area contributed by atoms with Gasteiger partial charge in [0.2, 0.25) is 0 Å². The van der Waals surface area contributed by atoms with Crippen molar-refractivity contribution in [2.24, 2.45) is 14.1 Å². The molecule has 0 aliphatic rings. The van der Waals surface area contributed by atoms with Gasteiger partial charge < -0.3 is 9.13 Å². The van der Waals surface area contributed by atoms with Crippen LogP contribution >= 0.6 is 0 Å². The Morgan fingerprint density at radius 1 is 0.880 bits per heavy atom. The lowest BCUT2D eigenvalue weighted by molar-refractivity contribution is 0.381. The van der Waals surface area contributed by atoms with Crippen molar-refractivity contribution in [1.82, 2.24) is 19.1 Å². The number of hydrogen-bond donors (Lipinski definition) is 3. The van der Waals surface area contributed by atoms with Gasteiger partial charge in [0.15, 0.2) is 0 Å². The number of hydrogen-bond acceptors (Lipinski definition) is 6. The first-order valence-electron chi connectivity index (χ1n) is 6.84. The largest absolute Gasteiger partial charge is 0.394 e. The molecule has 11 nitrogen and oxygen atoms in total. The van der Waals surface area contributed by atoms with E-state index in [0.717, 1.165) is 6.42 Å². The molecule has 2 aromatic heterocycles. The lowest BCUT2D eigenvalue weighted by Crippen LogP contribution is -2.02. The third kappa shape index (κ3) is 30.6. The zero-order chi connectivity index (χ0) is 19.9. The van der Waals surface area contributed by atoms with E-state index < -0.39 is 20.5 Å². The van der Waals surface area contributed by atoms with Gasteiger partial charge in [-0.2, -0.15) is 16.8 Å². The maximum atomic E-state index is 9.95. The van der Waals surface area contributed by atoms with Crippen LogP contribution < -0.4 is 0 Å². The second-order valence-corrected chi connectivity index (χ2v) is 7.01. The molecule has 0 atom stereocenters. The van der Waals surface area contributed by atoms with Gasteiger partial charge in [-0.15, -0.1) is 0 Å². The molecule has 2 heterocycles. The van der Waals surface area contributed by atoms with Crippen molar-refractivity contribution in [3.05, 3.63) is 37.4 Å². The van der Waals surface area contributed by atoms with Crippen LogP contribution in [0, 0.1) is 0 Å². The smallest absolute Gasteiger partial charge is 0.341 e. The van der Waals surface area contributed by atoms with Crippen LogP contribution in [-0.4, -0.2) is 55.3 Å². The van der Waals surface area contributed by atoms with Crippen LogP contribution in [0.1, 0.15) is 19.8 Å². The van der Waals surface area contributed by atoms with E-state index in [-0.39, 0.29) is 5.75 Å². The normalized spacial score (nSPS) is 10.3. The fourth-order valence-corrected chi connectivity index (χ4v) is 1.63. The van der Waals surface area contributed by atoms with E-state index in [1.165, 1.54) is 0 Å². The standard InChI is InChI=1S/2C4H6N2.C4H10O3S.H2O4S/c2*1-6-3-2-5-4-6;1-2-3-4-8(5,6)7;1-5(2,3)4/h2*2-4H,1H3;2-4H2,1H3,(H,5,6,7);(H2,1,2,3,4). The Labute approximate surface area is 147 Å². The van der Waals surface area contributed by atoms with Crippen LogP contribution in [-0.2, 0) is 34.6 Å². The quantitative estimate of drug-likeness (QED) is 0.633. The third-order valence-corrected chi connectivity index (χ3v) is 2.83. The van der Waals surface area contributed by atoms with Crippen molar-refractivity contribution in [2.75, 3.05) is 5.75 Å². The molecule has 0 radical (unpaired) electrons. The molecule has 2 aromatic rings. The van der Waals surface area contributed by atoms with Gasteiger partial charge in [-0.05, 0) is 6.42 Å². The van der Waals surface area contributed by atoms with Crippen LogP contribution in [0.2, 0.25) is 0 Å². The maximum absolute atomic E-state index is 9.95. The first-order chi connectivity index (χ1) is 11.3. The number of aryl methyl sites for hydroxylation is 2. The van der Waals surface area contributed by atoms with Crippen LogP contribution in [0.5, 0.6) is 0 Å². The molecule has 0 fully saturated rings. The summed E-state index contributed by atoms with van der Waals surface area (Å²) in [6.45, 7) is 1.87. The van der Waals surface area contributed by atoms with Crippen LogP contribution in [0.3, 0.4) is 0 Å². The van der Waals surface area contributed by atoms with E-state index in [9.17, 15) is 8.42 Å². The summed E-state index contributed by atoms with van der Waals surface area (Å²) >= 11 is 0. The second-order valence-electron chi connectivity index (χ2n) is 4.54. The van der Waals surface area contributed by atoms with Crippen molar-refractivity contribution < 1.29 is 30.5 Å². The molecule has 3 N–H and O–H groups in total. The van der Waals surface area contributed by atoms with Crippen LogP contribution in [0.4, 0.5) is 0 Å². The van der Waals surface area contributed by atoms with E-state index in [1.807, 2.05) is 42.5 Å². The first-order valence-corrected chi connectivity index (χ1v) is 9.84. The molecule has 0 bridgehead atoms. The molecule has 0 spiro atoms. The number of aromatic nitrogens is 4. The molecule has 146 valence electrons. The summed E-state index contributed by atoms with van der Waals surface area (Å²) in [6.07, 6.45) is 12.1. The minimum atomic E-state index is -4.67. The zero-order valence-corrected chi connectivity index (χ0v) is 15.8. The Bertz CT molecular complexity index is 686. The number of imidazole rings is 2. The second kappa shape index (κ2) is 13.5. The average Bonchev–Trinajstić information content (AvgIpc) is 3.08. The topological polar surface area (TPSA) is 165 Å². The van der Waals surface area contributed by atoms with E-state index in [0.29, 0.717) is 6.42 Å². The Kier molecular flexibility index (Phi) is 13.7. The molecule has 0 saturated heterocycles. The summed E-state index contributed by atoms with van der Waals surface area (Å²) in [5.41, 5.74) is 0. The number of unbranched alkanes of at least 4 members (excludes halogenated alkanes) is 1. The van der Waals surface area contributed by atoms with Gasteiger partial charge in [-0.1, -0.05) is 13.3 Å². The van der Waals surface area contributed by atoms with Gasteiger partial charge in [0.05, 0.1) is 18.4 Å². The fraction of sp³-hybridized carbons (Fsp3) is 0.500. The Hall–Kier alpha value is -1.80. The predicted molar refractivity (Wildman–Crippen MR) is 91.9 cm³/mol. The number of rotatable bonds is 3. The van der Waals surface area contributed by atoms with Gasteiger partial charge in [0.25, 0.3) is 10.1 Å². The monoisotopic (exact) mass is 400 g/mol. The van der Waals surface area contributed by atoms with E-state index in [1.54, 1.807) is 25.0 Å². The van der Waals surface area contributed by atoms with Crippen LogP contribution in [0.25, 0.3) is 0 Å². The average molecular weight is 400 g/mol. The van der Waals surface area contributed by atoms with E-state index >= 15 is 0 Å². The lowest BCUT2D eigenvalue weighted by atomic mass is 10.4. The number of nitrogens with zero attached hydrogens (tertiary/aromatic N) is 4. The zero-order valence-electron chi connectivity index (χ0n) is 14.2. The SMILES string of the molecule is CCCCS(=O)(=O)O.Cn1ccnc1.Cn1ccnc1.O=S(=O)(O)O. The molecule has 0 amide bonds. The lowest BCUT2D eigenvalue weighted by Gasteiger charge is -1.90. The van der Waals surface area contributed by atoms with Gasteiger partial charge in [-0.25, -0.2) is 9.97 Å². The summed E-state index contributed by atoms with van der Waals surface area (Å²) in [5, 5.41) is 0. The molecule has 2 rings (SSSR count). The molecule has 13 heteroatoms. The fourth-order valence-electron chi connectivity index (χ4n) is 0.978. The maximum Gasteiger partial charge on any atom is 0.394 e. The van der Waals surface area contributed by atoms with Gasteiger partial charge in [0.1, 0.15) is 0 Å². The van der Waals surface area contributed by atoms with Crippen molar-refractivity contribution in [1.29, 1.82) is 0 Å². The molecule has 0 aliphatic carbocycles. The Balaban J connectivity index is 0. The third-order valence-electron chi connectivity index (χ3n) is 2.03. The molecular formula is C12H24N4O7S2. The minimum Gasteiger partial charge on any atom is -0.341 e. The first kappa shape index (κ1) is 25.4. The highest BCUT2D eigenvalue weighted by Crippen LogP contribution is 1.90. The molecule has 25 heavy (non-hydrogen) atoms. The van der Waals surface area contributed by atoms with Crippen LogP contribution in [0.15, 0.2) is 37.4 Å². The summed E-state index contributed by atoms with van der Waals surface area (Å²) < 4.78 is 63.4. The summed E-state index contributed by atoms with van der Waals surface area (Å²) in [6, 6.07) is 0. The van der Waals surface area contributed by atoms with E-state index in [2.05, 4.69) is 9.97 Å². The van der Waals surface area contributed by atoms with Gasteiger partial charge in [0, 0.05) is 38.9 Å². The summed E-state index contributed by atoms with van der Waals surface area (Å²) in [7, 11) is -4.48. The van der Waals surface area contributed by atoms with Crippen molar-refractivity contribution in [2.45, 2.75) is 19.8 Å². The van der Waals surface area contributed by atoms with Gasteiger partial charge >= 0.3 is 10.4 Å². The molecule has 0 unspecified atom stereocenters. The Morgan fingerprint density at radius 3 is 1.32 bits per heavy atom. The van der Waals surface area contributed by atoms with Gasteiger partial charge in [-0.3, -0.25) is 13.7 Å². The predicted octanol–water partition coefficient (Wildman–Crippen LogP) is 0.862. The summed E-state index contributed by atoms with van der Waals surface area (Å²) in [4.78, 5) is 7.57. The van der Waals surface area contributed by atoms with Crippen molar-refractivity contribution >= 4 is 20.5 Å². The molecule has 0 saturated carbocycles. The van der Waals surface area contributed by atoms with Crippen molar-refractivity contribution in [3.63, 3.8) is 0 Å². The molecular weight excluding hydrogens is 376 g/mol. The highest BCUT2D eigenvalue weighted by Gasteiger charge is 2.00. The summed E-state index contributed by atoms with van der Waals surface area (Å²) in [5.74, 6) is -0.108. The van der Waals surface area contributed by atoms with Crippen molar-refractivity contribution in [3.8, 4) is 0 Å².